The second-order valence-electron chi connectivity index (χ2n) is 5.70. The van der Waals surface area contributed by atoms with E-state index in [-0.39, 0.29) is 17.3 Å². The molecular formula is C15H17FN4O2. The van der Waals surface area contributed by atoms with Crippen LogP contribution in [-0.4, -0.2) is 29.1 Å². The summed E-state index contributed by atoms with van der Waals surface area (Å²) in [6.07, 6.45) is 1.11. The van der Waals surface area contributed by atoms with Gasteiger partial charge in [-0.3, -0.25) is 4.79 Å². The van der Waals surface area contributed by atoms with Crippen molar-refractivity contribution in [2.24, 2.45) is 11.7 Å². The molecular weight excluding hydrogens is 287 g/mol. The molecule has 1 aromatic carbocycles. The number of carbonyl (C=O) groups is 1. The van der Waals surface area contributed by atoms with Gasteiger partial charge in [-0.25, -0.2) is 4.39 Å². The maximum absolute atomic E-state index is 14.6. The number of nitrogens with zero attached hydrogens (tertiary/aromatic N) is 3. The van der Waals surface area contributed by atoms with E-state index in [2.05, 4.69) is 22.0 Å². The molecule has 116 valence electrons. The predicted molar refractivity (Wildman–Crippen MR) is 78.9 cm³/mol. The van der Waals surface area contributed by atoms with Crippen molar-refractivity contribution in [1.29, 1.82) is 0 Å². The summed E-state index contributed by atoms with van der Waals surface area (Å²) in [5.74, 6) is -0.940. The lowest BCUT2D eigenvalue weighted by molar-refractivity contribution is 0.0958. The first kappa shape index (κ1) is 14.5. The Morgan fingerprint density at radius 2 is 2.27 bits per heavy atom. The molecule has 1 atom stereocenters. The van der Waals surface area contributed by atoms with Crippen LogP contribution < -0.4 is 10.6 Å². The van der Waals surface area contributed by atoms with E-state index in [0.717, 1.165) is 25.2 Å². The minimum Gasteiger partial charge on any atom is -0.371 e. The van der Waals surface area contributed by atoms with Gasteiger partial charge in [0.2, 0.25) is 5.82 Å². The lowest BCUT2D eigenvalue weighted by atomic mass is 10.1. The summed E-state index contributed by atoms with van der Waals surface area (Å²) < 4.78 is 19.4. The molecule has 2 N–H and O–H groups in total. The van der Waals surface area contributed by atoms with Gasteiger partial charge in [0.05, 0.1) is 5.56 Å². The molecule has 6 nitrogen and oxygen atoms in total. The Morgan fingerprint density at radius 1 is 1.50 bits per heavy atom. The molecule has 3 rings (SSSR count). The molecule has 0 aliphatic carbocycles. The maximum atomic E-state index is 14.6. The lowest BCUT2D eigenvalue weighted by Crippen LogP contribution is -2.20. The van der Waals surface area contributed by atoms with E-state index in [0.29, 0.717) is 11.5 Å². The second kappa shape index (κ2) is 5.40. The zero-order valence-electron chi connectivity index (χ0n) is 12.5. The van der Waals surface area contributed by atoms with Gasteiger partial charge in [0.15, 0.2) is 0 Å². The summed E-state index contributed by atoms with van der Waals surface area (Å²) in [4.78, 5) is 17.0. The van der Waals surface area contributed by atoms with Gasteiger partial charge in [-0.15, -0.1) is 0 Å². The third-order valence-corrected chi connectivity index (χ3v) is 4.00. The number of benzene rings is 1. The monoisotopic (exact) mass is 304 g/mol. The quantitative estimate of drug-likeness (QED) is 0.939. The molecule has 1 aliphatic heterocycles. The van der Waals surface area contributed by atoms with E-state index in [1.54, 1.807) is 13.0 Å². The number of primary amides is 1. The van der Waals surface area contributed by atoms with Gasteiger partial charge in [-0.1, -0.05) is 12.1 Å². The number of carbonyl (C=O) groups excluding carboxylic acids is 1. The standard InChI is InChI=1S/C15H17FN4O2/c1-8-5-6-20(7-8)11-4-3-10(12(16)9(11)2)14-18-15(13(17)21)22-19-14/h3-4,8H,5-7H2,1-2H3,(H2,17,21)/t8-/m1/s1. The molecule has 0 unspecified atom stereocenters. The van der Waals surface area contributed by atoms with Crippen molar-refractivity contribution >= 4 is 11.6 Å². The minimum atomic E-state index is -0.835. The van der Waals surface area contributed by atoms with E-state index in [4.69, 9.17) is 10.3 Å². The predicted octanol–water partition coefficient (Wildman–Crippen LogP) is 2.13. The Bertz CT molecular complexity index is 728. The second-order valence-corrected chi connectivity index (χ2v) is 5.70. The van der Waals surface area contributed by atoms with Gasteiger partial charge in [0.25, 0.3) is 0 Å². The van der Waals surface area contributed by atoms with Crippen LogP contribution in [0.1, 0.15) is 29.6 Å². The lowest BCUT2D eigenvalue weighted by Gasteiger charge is -2.21. The zero-order chi connectivity index (χ0) is 15.9. The number of halogens is 1. The van der Waals surface area contributed by atoms with Crippen molar-refractivity contribution in [2.45, 2.75) is 20.3 Å². The number of anilines is 1. The molecule has 2 heterocycles. The minimum absolute atomic E-state index is 0.0238. The largest absolute Gasteiger partial charge is 0.371 e. The van der Waals surface area contributed by atoms with Gasteiger partial charge in [0.1, 0.15) is 5.82 Å². The molecule has 1 saturated heterocycles. The molecule has 0 radical (unpaired) electrons. The smallest absolute Gasteiger partial charge is 0.316 e. The summed E-state index contributed by atoms with van der Waals surface area (Å²) in [7, 11) is 0. The van der Waals surface area contributed by atoms with Crippen LogP contribution in [0, 0.1) is 18.7 Å². The van der Waals surface area contributed by atoms with Crippen LogP contribution >= 0.6 is 0 Å². The number of aromatic nitrogens is 2. The molecule has 1 fully saturated rings. The van der Waals surface area contributed by atoms with Crippen LogP contribution in [0.3, 0.4) is 0 Å². The van der Waals surface area contributed by atoms with Crippen molar-refractivity contribution in [3.05, 3.63) is 29.4 Å². The molecule has 1 amide bonds. The van der Waals surface area contributed by atoms with Gasteiger partial charge in [-0.05, 0) is 31.4 Å². The Kier molecular flexibility index (Phi) is 3.56. The fraction of sp³-hybridized carbons (Fsp3) is 0.400. The third-order valence-electron chi connectivity index (χ3n) is 4.00. The summed E-state index contributed by atoms with van der Waals surface area (Å²) in [6, 6.07) is 3.46. The first-order valence-electron chi connectivity index (χ1n) is 7.15. The first-order chi connectivity index (χ1) is 10.5. The molecule has 7 heteroatoms. The van der Waals surface area contributed by atoms with Crippen molar-refractivity contribution in [2.75, 3.05) is 18.0 Å². The van der Waals surface area contributed by atoms with Crippen LogP contribution in [0.25, 0.3) is 11.4 Å². The number of hydrogen-bond acceptors (Lipinski definition) is 5. The number of hydrogen-bond donors (Lipinski definition) is 1. The maximum Gasteiger partial charge on any atom is 0.316 e. The highest BCUT2D eigenvalue weighted by Gasteiger charge is 2.24. The normalized spacial score (nSPS) is 18.0. The summed E-state index contributed by atoms with van der Waals surface area (Å²) in [5, 5.41) is 3.61. The number of rotatable bonds is 3. The molecule has 1 aliphatic rings. The SMILES string of the molecule is Cc1c(N2CC[C@@H](C)C2)ccc(-c2noc(C(N)=O)n2)c1F. The van der Waals surface area contributed by atoms with Crippen molar-refractivity contribution in [3.8, 4) is 11.4 Å². The Hall–Kier alpha value is -2.44. The van der Waals surface area contributed by atoms with E-state index in [1.165, 1.54) is 0 Å². The first-order valence-corrected chi connectivity index (χ1v) is 7.15. The fourth-order valence-electron chi connectivity index (χ4n) is 2.78. The van der Waals surface area contributed by atoms with Crippen molar-refractivity contribution in [1.82, 2.24) is 10.1 Å². The van der Waals surface area contributed by atoms with Crippen LogP contribution in [-0.2, 0) is 0 Å². The molecule has 0 spiro atoms. The molecule has 1 aromatic heterocycles. The highest BCUT2D eigenvalue weighted by molar-refractivity contribution is 5.88. The van der Waals surface area contributed by atoms with Crippen molar-refractivity contribution < 1.29 is 13.7 Å². The van der Waals surface area contributed by atoms with Crippen LogP contribution in [0.4, 0.5) is 10.1 Å². The Morgan fingerprint density at radius 3 is 2.86 bits per heavy atom. The third kappa shape index (κ3) is 2.43. The van der Waals surface area contributed by atoms with E-state index < -0.39 is 11.7 Å². The van der Waals surface area contributed by atoms with Gasteiger partial charge in [0, 0.05) is 24.3 Å². The summed E-state index contributed by atoms with van der Waals surface area (Å²) in [5.41, 5.74) is 6.67. The number of nitrogens with two attached hydrogens (primary N) is 1. The fourth-order valence-corrected chi connectivity index (χ4v) is 2.78. The van der Waals surface area contributed by atoms with E-state index in [9.17, 15) is 9.18 Å². The van der Waals surface area contributed by atoms with E-state index in [1.807, 2.05) is 6.07 Å². The van der Waals surface area contributed by atoms with Crippen LogP contribution in [0.2, 0.25) is 0 Å². The Balaban J connectivity index is 1.97. The topological polar surface area (TPSA) is 85.3 Å². The summed E-state index contributed by atoms with van der Waals surface area (Å²) in [6.45, 7) is 5.76. The van der Waals surface area contributed by atoms with Gasteiger partial charge in [-0.2, -0.15) is 4.98 Å². The number of amides is 1. The zero-order valence-corrected chi connectivity index (χ0v) is 12.5. The molecule has 2 aromatic rings. The van der Waals surface area contributed by atoms with Gasteiger partial charge < -0.3 is 15.2 Å². The average molecular weight is 304 g/mol. The highest BCUT2D eigenvalue weighted by Crippen LogP contribution is 2.32. The van der Waals surface area contributed by atoms with Crippen LogP contribution in [0.15, 0.2) is 16.7 Å². The average Bonchev–Trinajstić information content (AvgIpc) is 3.11. The van der Waals surface area contributed by atoms with Gasteiger partial charge >= 0.3 is 11.8 Å². The molecule has 22 heavy (non-hydrogen) atoms. The van der Waals surface area contributed by atoms with Crippen LogP contribution in [0.5, 0.6) is 0 Å². The van der Waals surface area contributed by atoms with Crippen molar-refractivity contribution in [3.63, 3.8) is 0 Å². The summed E-state index contributed by atoms with van der Waals surface area (Å²) >= 11 is 0. The Labute approximate surface area is 127 Å². The molecule has 0 saturated carbocycles. The highest BCUT2D eigenvalue weighted by atomic mass is 19.1. The van der Waals surface area contributed by atoms with E-state index >= 15 is 0 Å². The molecule has 0 bridgehead atoms.